The first kappa shape index (κ1) is 15.2. The van der Waals surface area contributed by atoms with E-state index >= 15 is 0 Å². The van der Waals surface area contributed by atoms with Gasteiger partial charge in [0.05, 0.1) is 6.61 Å². The van der Waals surface area contributed by atoms with E-state index in [2.05, 4.69) is 29.1 Å². The molecule has 2 N–H and O–H groups in total. The average molecular weight is 269 g/mol. The van der Waals surface area contributed by atoms with Crippen LogP contribution in [0.5, 0.6) is 0 Å². The van der Waals surface area contributed by atoms with Crippen LogP contribution in [-0.4, -0.2) is 73.4 Å². The van der Waals surface area contributed by atoms with Gasteiger partial charge in [-0.3, -0.25) is 0 Å². The second-order valence-electron chi connectivity index (χ2n) is 6.37. The molecular weight excluding hydrogens is 238 g/mol. The minimum atomic E-state index is 0.0152. The molecule has 4 nitrogen and oxygen atoms in total. The van der Waals surface area contributed by atoms with Crippen molar-refractivity contribution in [3.8, 4) is 0 Å². The van der Waals surface area contributed by atoms with E-state index in [-0.39, 0.29) is 5.54 Å². The maximum Gasteiger partial charge on any atom is 0.0616 e. The molecular formula is C15H31N3O. The normalized spacial score (nSPS) is 33.9. The van der Waals surface area contributed by atoms with Crippen LogP contribution in [0.1, 0.15) is 32.6 Å². The highest BCUT2D eigenvalue weighted by molar-refractivity contribution is 4.99. The summed E-state index contributed by atoms with van der Waals surface area (Å²) >= 11 is 0. The van der Waals surface area contributed by atoms with Gasteiger partial charge in [0.15, 0.2) is 0 Å². The average Bonchev–Trinajstić information content (AvgIpc) is 2.82. The molecule has 0 amide bonds. The molecule has 2 aliphatic rings. The third-order valence-electron chi connectivity index (χ3n) is 5.16. The van der Waals surface area contributed by atoms with Gasteiger partial charge in [-0.25, -0.2) is 0 Å². The SMILES string of the molecule is CCNC1(CO)CCCC1CCN1CCN(C)CC1. The molecule has 0 aromatic carbocycles. The molecule has 1 aliphatic carbocycles. The fraction of sp³-hybridized carbons (Fsp3) is 1.00. The molecule has 112 valence electrons. The number of piperazine rings is 1. The van der Waals surface area contributed by atoms with Crippen molar-refractivity contribution in [2.24, 2.45) is 5.92 Å². The molecule has 0 radical (unpaired) electrons. The van der Waals surface area contributed by atoms with Crippen molar-refractivity contribution in [2.75, 3.05) is 52.9 Å². The maximum atomic E-state index is 9.81. The van der Waals surface area contributed by atoms with Crippen LogP contribution in [0.25, 0.3) is 0 Å². The number of nitrogens with zero attached hydrogens (tertiary/aromatic N) is 2. The number of hydrogen-bond acceptors (Lipinski definition) is 4. The highest BCUT2D eigenvalue weighted by atomic mass is 16.3. The Bertz CT molecular complexity index is 266. The Balaban J connectivity index is 1.81. The van der Waals surface area contributed by atoms with E-state index in [0.717, 1.165) is 13.0 Å². The molecule has 1 heterocycles. The van der Waals surface area contributed by atoms with Crippen molar-refractivity contribution in [2.45, 2.75) is 38.1 Å². The molecule has 2 atom stereocenters. The van der Waals surface area contributed by atoms with E-state index in [1.165, 1.54) is 52.0 Å². The highest BCUT2D eigenvalue weighted by Gasteiger charge is 2.41. The first-order chi connectivity index (χ1) is 9.20. The molecule has 2 unspecified atom stereocenters. The predicted molar refractivity (Wildman–Crippen MR) is 79.4 cm³/mol. The molecule has 2 rings (SSSR count). The second kappa shape index (κ2) is 7.02. The minimum absolute atomic E-state index is 0.0152. The van der Waals surface area contributed by atoms with Crippen molar-refractivity contribution in [3.63, 3.8) is 0 Å². The van der Waals surface area contributed by atoms with E-state index in [0.29, 0.717) is 12.5 Å². The molecule has 0 aromatic rings. The molecule has 2 fully saturated rings. The summed E-state index contributed by atoms with van der Waals surface area (Å²) in [5.74, 6) is 0.650. The van der Waals surface area contributed by atoms with Gasteiger partial charge in [0.2, 0.25) is 0 Å². The van der Waals surface area contributed by atoms with Gasteiger partial charge < -0.3 is 20.2 Å². The Morgan fingerprint density at radius 3 is 2.63 bits per heavy atom. The van der Waals surface area contributed by atoms with Crippen LogP contribution in [0.4, 0.5) is 0 Å². The van der Waals surface area contributed by atoms with Crippen LogP contribution >= 0.6 is 0 Å². The van der Waals surface area contributed by atoms with Crippen LogP contribution in [0.2, 0.25) is 0 Å². The Kier molecular flexibility index (Phi) is 5.63. The fourth-order valence-electron chi connectivity index (χ4n) is 3.82. The zero-order chi connectivity index (χ0) is 13.7. The Labute approximate surface area is 118 Å². The molecule has 19 heavy (non-hydrogen) atoms. The smallest absolute Gasteiger partial charge is 0.0616 e. The Hall–Kier alpha value is -0.160. The van der Waals surface area contributed by atoms with Gasteiger partial charge in [-0.1, -0.05) is 13.3 Å². The van der Waals surface area contributed by atoms with Crippen molar-refractivity contribution < 1.29 is 5.11 Å². The summed E-state index contributed by atoms with van der Waals surface area (Å²) in [6.45, 7) is 9.41. The molecule has 1 aliphatic heterocycles. The standard InChI is InChI=1S/C15H31N3O/c1-3-16-15(13-19)7-4-5-14(15)6-8-18-11-9-17(2)10-12-18/h14,16,19H,3-13H2,1-2H3. The van der Waals surface area contributed by atoms with Gasteiger partial charge in [0.25, 0.3) is 0 Å². The minimum Gasteiger partial charge on any atom is -0.394 e. The molecule has 0 bridgehead atoms. The van der Waals surface area contributed by atoms with Crippen LogP contribution in [0.3, 0.4) is 0 Å². The van der Waals surface area contributed by atoms with Crippen molar-refractivity contribution in [3.05, 3.63) is 0 Å². The molecule has 1 saturated carbocycles. The Morgan fingerprint density at radius 2 is 2.00 bits per heavy atom. The van der Waals surface area contributed by atoms with Crippen LogP contribution in [0, 0.1) is 5.92 Å². The van der Waals surface area contributed by atoms with Gasteiger partial charge in [0, 0.05) is 31.7 Å². The number of rotatable bonds is 6. The van der Waals surface area contributed by atoms with Gasteiger partial charge in [-0.15, -0.1) is 0 Å². The fourth-order valence-corrected chi connectivity index (χ4v) is 3.82. The van der Waals surface area contributed by atoms with Gasteiger partial charge in [-0.2, -0.15) is 0 Å². The topological polar surface area (TPSA) is 38.7 Å². The zero-order valence-corrected chi connectivity index (χ0v) is 12.7. The number of nitrogens with one attached hydrogen (secondary N) is 1. The van der Waals surface area contributed by atoms with Crippen molar-refractivity contribution in [1.82, 2.24) is 15.1 Å². The van der Waals surface area contributed by atoms with Crippen LogP contribution < -0.4 is 5.32 Å². The lowest BCUT2D eigenvalue weighted by atomic mass is 9.85. The lowest BCUT2D eigenvalue weighted by molar-refractivity contribution is 0.101. The third-order valence-corrected chi connectivity index (χ3v) is 5.16. The van der Waals surface area contributed by atoms with Crippen LogP contribution in [0.15, 0.2) is 0 Å². The molecule has 4 heteroatoms. The quantitative estimate of drug-likeness (QED) is 0.747. The zero-order valence-electron chi connectivity index (χ0n) is 12.7. The number of likely N-dealkylation sites (N-methyl/N-ethyl adjacent to an activating group) is 2. The summed E-state index contributed by atoms with van der Waals surface area (Å²) in [7, 11) is 2.20. The number of aliphatic hydroxyl groups is 1. The highest BCUT2D eigenvalue weighted by Crippen LogP contribution is 2.37. The lowest BCUT2D eigenvalue weighted by Gasteiger charge is -2.37. The van der Waals surface area contributed by atoms with E-state index in [1.807, 2.05) is 0 Å². The summed E-state index contributed by atoms with van der Waals surface area (Å²) < 4.78 is 0. The van der Waals surface area contributed by atoms with E-state index in [1.54, 1.807) is 0 Å². The molecule has 1 saturated heterocycles. The van der Waals surface area contributed by atoms with Crippen molar-refractivity contribution in [1.29, 1.82) is 0 Å². The molecule has 0 aromatic heterocycles. The number of hydrogen-bond donors (Lipinski definition) is 2. The number of aliphatic hydroxyl groups excluding tert-OH is 1. The first-order valence-electron chi connectivity index (χ1n) is 7.97. The van der Waals surface area contributed by atoms with E-state index in [9.17, 15) is 5.11 Å². The van der Waals surface area contributed by atoms with Gasteiger partial charge in [0.1, 0.15) is 0 Å². The summed E-state index contributed by atoms with van der Waals surface area (Å²) in [5.41, 5.74) is 0.0152. The first-order valence-corrected chi connectivity index (χ1v) is 7.97. The monoisotopic (exact) mass is 269 g/mol. The van der Waals surface area contributed by atoms with Crippen LogP contribution in [-0.2, 0) is 0 Å². The van der Waals surface area contributed by atoms with E-state index in [4.69, 9.17) is 0 Å². The van der Waals surface area contributed by atoms with E-state index < -0.39 is 0 Å². The van der Waals surface area contributed by atoms with Gasteiger partial charge >= 0.3 is 0 Å². The van der Waals surface area contributed by atoms with Crippen molar-refractivity contribution >= 4 is 0 Å². The summed E-state index contributed by atoms with van der Waals surface area (Å²) in [6.07, 6.45) is 4.92. The third kappa shape index (κ3) is 3.69. The largest absolute Gasteiger partial charge is 0.394 e. The summed E-state index contributed by atoms with van der Waals surface area (Å²) in [5, 5.41) is 13.4. The molecule has 0 spiro atoms. The maximum absolute atomic E-state index is 9.81. The second-order valence-corrected chi connectivity index (χ2v) is 6.37. The summed E-state index contributed by atoms with van der Waals surface area (Å²) in [4.78, 5) is 5.00. The predicted octanol–water partition coefficient (Wildman–Crippen LogP) is 0.765. The van der Waals surface area contributed by atoms with Gasteiger partial charge in [-0.05, 0) is 45.3 Å². The Morgan fingerprint density at radius 1 is 1.26 bits per heavy atom. The lowest BCUT2D eigenvalue weighted by Crippen LogP contribution is -2.52. The summed E-state index contributed by atoms with van der Waals surface area (Å²) in [6, 6.07) is 0.